The molecule has 0 saturated carbocycles. The lowest BCUT2D eigenvalue weighted by Crippen LogP contribution is -2.36. The van der Waals surface area contributed by atoms with Gasteiger partial charge in [0.15, 0.2) is 5.96 Å². The minimum absolute atomic E-state index is 0. The third kappa shape index (κ3) is 8.57. The molecular weight excluding hydrogens is 518 g/mol. The first kappa shape index (κ1) is 26.3. The highest BCUT2D eigenvalue weighted by Gasteiger charge is 2.15. The molecule has 0 aromatic heterocycles. The number of aryl methyl sites for hydroxylation is 1. The van der Waals surface area contributed by atoms with E-state index in [9.17, 15) is 12.8 Å². The van der Waals surface area contributed by atoms with Crippen molar-refractivity contribution in [2.24, 2.45) is 4.99 Å². The van der Waals surface area contributed by atoms with Gasteiger partial charge in [-0.2, -0.15) is 0 Å². The van der Waals surface area contributed by atoms with E-state index in [0.29, 0.717) is 24.6 Å². The second-order valence-electron chi connectivity index (χ2n) is 7.16. The summed E-state index contributed by atoms with van der Waals surface area (Å²) in [5, 5.41) is 6.38. The van der Waals surface area contributed by atoms with Crippen molar-refractivity contribution in [1.82, 2.24) is 15.4 Å². The summed E-state index contributed by atoms with van der Waals surface area (Å²) in [6, 6.07) is 12.2. The molecule has 0 amide bonds. The number of sulfonamides is 1. The first-order chi connectivity index (χ1) is 13.7. The van der Waals surface area contributed by atoms with Crippen LogP contribution >= 0.6 is 24.0 Å². The van der Waals surface area contributed by atoms with E-state index in [1.54, 1.807) is 40.0 Å². The fourth-order valence-electron chi connectivity index (χ4n) is 2.88. The van der Waals surface area contributed by atoms with Crippen molar-refractivity contribution in [3.63, 3.8) is 0 Å². The molecule has 2 rings (SSSR count). The van der Waals surface area contributed by atoms with Crippen molar-refractivity contribution in [3.8, 4) is 0 Å². The Morgan fingerprint density at radius 1 is 1.07 bits per heavy atom. The topological polar surface area (TPSA) is 82.6 Å². The van der Waals surface area contributed by atoms with E-state index in [-0.39, 0.29) is 41.6 Å². The fraction of sp³-hybridized carbons (Fsp3) is 0.381. The molecule has 0 saturated heterocycles. The fourth-order valence-corrected chi connectivity index (χ4v) is 4.37. The maximum absolute atomic E-state index is 13.4. The molecule has 2 aromatic rings. The number of hydrogen-bond donors (Lipinski definition) is 3. The summed E-state index contributed by atoms with van der Waals surface area (Å²) < 4.78 is 40.5. The summed E-state index contributed by atoms with van der Waals surface area (Å²) in [5.74, 6) is 0.268. The number of aliphatic imine (C=N–C) groups is 1. The average molecular weight is 548 g/mol. The molecule has 0 unspecified atom stereocenters. The molecule has 30 heavy (non-hydrogen) atoms. The Labute approximate surface area is 195 Å². The van der Waals surface area contributed by atoms with Gasteiger partial charge in [0.05, 0.1) is 5.75 Å². The number of nitrogens with one attached hydrogen (secondary N) is 3. The molecule has 3 N–H and O–H groups in total. The van der Waals surface area contributed by atoms with Crippen LogP contribution in [0.1, 0.15) is 36.1 Å². The van der Waals surface area contributed by atoms with Crippen molar-refractivity contribution >= 4 is 40.0 Å². The summed E-state index contributed by atoms with van der Waals surface area (Å²) in [6.07, 6.45) is 0. The molecule has 0 bridgehead atoms. The summed E-state index contributed by atoms with van der Waals surface area (Å²) in [5.41, 5.74) is 3.15. The monoisotopic (exact) mass is 548 g/mol. The van der Waals surface area contributed by atoms with Crippen molar-refractivity contribution in [1.29, 1.82) is 0 Å². The highest BCUT2D eigenvalue weighted by molar-refractivity contribution is 14.0. The van der Waals surface area contributed by atoms with Crippen LogP contribution in [-0.2, 0) is 28.9 Å². The van der Waals surface area contributed by atoms with E-state index >= 15 is 0 Å². The predicted molar refractivity (Wildman–Crippen MR) is 131 cm³/mol. The Hall–Kier alpha value is -1.72. The number of benzene rings is 2. The molecule has 0 atom stereocenters. The molecule has 6 nitrogen and oxygen atoms in total. The Balaban J connectivity index is 0.00000450. The molecule has 0 aliphatic rings. The maximum Gasteiger partial charge on any atom is 0.216 e. The number of hydrogen-bond acceptors (Lipinski definition) is 3. The quantitative estimate of drug-likeness (QED) is 0.268. The van der Waals surface area contributed by atoms with Gasteiger partial charge in [-0.05, 0) is 49.1 Å². The molecular formula is C21H30FIN4O2S. The van der Waals surface area contributed by atoms with E-state index in [0.717, 1.165) is 16.7 Å². The molecule has 166 valence electrons. The van der Waals surface area contributed by atoms with Gasteiger partial charge < -0.3 is 10.6 Å². The van der Waals surface area contributed by atoms with Crippen molar-refractivity contribution < 1.29 is 12.8 Å². The zero-order valence-electron chi connectivity index (χ0n) is 17.7. The SMILES string of the molecule is CN=C(NCc1ccc(F)c(C)c1)NCc1ccccc1CS(=O)(=O)NC(C)C.I. The number of nitrogens with zero attached hydrogens (tertiary/aromatic N) is 1. The molecule has 0 spiro atoms. The van der Waals surface area contributed by atoms with E-state index < -0.39 is 10.0 Å². The van der Waals surface area contributed by atoms with Crippen LogP contribution in [0.3, 0.4) is 0 Å². The van der Waals surface area contributed by atoms with Crippen molar-refractivity contribution in [3.05, 3.63) is 70.5 Å². The first-order valence-corrected chi connectivity index (χ1v) is 11.1. The van der Waals surface area contributed by atoms with Gasteiger partial charge in [-0.3, -0.25) is 4.99 Å². The predicted octanol–water partition coefficient (Wildman–Crippen LogP) is 3.45. The molecule has 0 aliphatic carbocycles. The Kier molecular flexibility index (Phi) is 10.7. The van der Waals surface area contributed by atoms with E-state index in [4.69, 9.17) is 0 Å². The summed E-state index contributed by atoms with van der Waals surface area (Å²) in [4.78, 5) is 4.19. The average Bonchev–Trinajstić information content (AvgIpc) is 2.64. The highest BCUT2D eigenvalue weighted by Crippen LogP contribution is 2.13. The molecule has 0 fully saturated rings. The molecule has 2 aromatic carbocycles. The van der Waals surface area contributed by atoms with Crippen LogP contribution in [0, 0.1) is 12.7 Å². The normalized spacial score (nSPS) is 11.9. The van der Waals surface area contributed by atoms with Crippen LogP contribution in [-0.4, -0.2) is 27.5 Å². The molecule has 0 heterocycles. The van der Waals surface area contributed by atoms with E-state index in [1.807, 2.05) is 24.3 Å². The van der Waals surface area contributed by atoms with Gasteiger partial charge in [0.1, 0.15) is 5.82 Å². The van der Waals surface area contributed by atoms with Crippen LogP contribution in [0.2, 0.25) is 0 Å². The molecule has 0 aliphatic heterocycles. The highest BCUT2D eigenvalue weighted by atomic mass is 127. The van der Waals surface area contributed by atoms with Gasteiger partial charge in [0.25, 0.3) is 0 Å². The standard InChI is InChI=1S/C21H29FN4O2S.HI/c1-15(2)26-29(27,28)14-19-8-6-5-7-18(19)13-25-21(23-4)24-12-17-9-10-20(22)16(3)11-17;/h5-11,15,26H,12-14H2,1-4H3,(H2,23,24,25);1H. The summed E-state index contributed by atoms with van der Waals surface area (Å²) in [7, 11) is -1.75. The smallest absolute Gasteiger partial charge is 0.216 e. The number of guanidine groups is 1. The maximum atomic E-state index is 13.4. The van der Waals surface area contributed by atoms with Gasteiger partial charge in [-0.15, -0.1) is 24.0 Å². The third-order valence-corrected chi connectivity index (χ3v) is 5.75. The largest absolute Gasteiger partial charge is 0.352 e. The van der Waals surface area contributed by atoms with Gasteiger partial charge in [0.2, 0.25) is 10.0 Å². The second kappa shape index (κ2) is 12.2. The van der Waals surface area contributed by atoms with Gasteiger partial charge in [-0.25, -0.2) is 17.5 Å². The third-order valence-electron chi connectivity index (χ3n) is 4.23. The number of rotatable bonds is 8. The van der Waals surface area contributed by atoms with Crippen LogP contribution in [0.5, 0.6) is 0 Å². The lowest BCUT2D eigenvalue weighted by Gasteiger charge is -2.15. The van der Waals surface area contributed by atoms with Crippen LogP contribution in [0.4, 0.5) is 4.39 Å². The zero-order valence-corrected chi connectivity index (χ0v) is 20.8. The zero-order chi connectivity index (χ0) is 21.4. The number of halogens is 2. The Morgan fingerprint density at radius 3 is 2.30 bits per heavy atom. The Morgan fingerprint density at radius 2 is 1.70 bits per heavy atom. The van der Waals surface area contributed by atoms with Crippen LogP contribution < -0.4 is 15.4 Å². The summed E-state index contributed by atoms with van der Waals surface area (Å²) >= 11 is 0. The van der Waals surface area contributed by atoms with Gasteiger partial charge in [0, 0.05) is 26.2 Å². The van der Waals surface area contributed by atoms with Crippen molar-refractivity contribution in [2.45, 2.75) is 45.7 Å². The lowest BCUT2D eigenvalue weighted by molar-refractivity contribution is 0.568. The van der Waals surface area contributed by atoms with Crippen molar-refractivity contribution in [2.75, 3.05) is 7.05 Å². The van der Waals surface area contributed by atoms with Crippen LogP contribution in [0.15, 0.2) is 47.5 Å². The van der Waals surface area contributed by atoms with Crippen LogP contribution in [0.25, 0.3) is 0 Å². The summed E-state index contributed by atoms with van der Waals surface area (Å²) in [6.45, 7) is 6.24. The minimum Gasteiger partial charge on any atom is -0.352 e. The lowest BCUT2D eigenvalue weighted by atomic mass is 10.1. The van der Waals surface area contributed by atoms with Gasteiger partial charge >= 0.3 is 0 Å². The Bertz CT molecular complexity index is 965. The molecule has 9 heteroatoms. The first-order valence-electron chi connectivity index (χ1n) is 9.46. The van der Waals surface area contributed by atoms with Gasteiger partial charge in [-0.1, -0.05) is 36.4 Å². The minimum atomic E-state index is -3.41. The second-order valence-corrected chi connectivity index (χ2v) is 8.92. The molecule has 0 radical (unpaired) electrons. The van der Waals surface area contributed by atoms with E-state index in [1.165, 1.54) is 6.07 Å². The van der Waals surface area contributed by atoms with E-state index in [2.05, 4.69) is 20.3 Å².